The standard InChI is InChI=1S/C17H12Cl2N2O5/c18-13-2-1-3-14(16(13)19)20-9-10(8-15(20)22)17(23)26-12-6-4-11(5-7-12)21(24)25/h1-7,10H,8-9H2/t10-/m1/s1. The zero-order chi connectivity index (χ0) is 18.8. The van der Waals surface area contributed by atoms with Crippen molar-refractivity contribution in [3.8, 4) is 5.75 Å². The van der Waals surface area contributed by atoms with Gasteiger partial charge in [-0.1, -0.05) is 29.3 Å². The molecule has 0 spiro atoms. The summed E-state index contributed by atoms with van der Waals surface area (Å²) in [5.74, 6) is -1.35. The number of ether oxygens (including phenoxy) is 1. The molecule has 1 aliphatic heterocycles. The van der Waals surface area contributed by atoms with E-state index in [1.807, 2.05) is 0 Å². The summed E-state index contributed by atoms with van der Waals surface area (Å²) in [5.41, 5.74) is 0.331. The molecule has 0 radical (unpaired) electrons. The van der Waals surface area contributed by atoms with Crippen LogP contribution < -0.4 is 9.64 Å². The number of esters is 1. The molecule has 1 saturated heterocycles. The second kappa shape index (κ2) is 7.31. The van der Waals surface area contributed by atoms with Gasteiger partial charge in [-0.2, -0.15) is 0 Å². The minimum Gasteiger partial charge on any atom is -0.426 e. The first-order chi connectivity index (χ1) is 12.4. The van der Waals surface area contributed by atoms with Crippen molar-refractivity contribution in [1.82, 2.24) is 0 Å². The van der Waals surface area contributed by atoms with Crippen molar-refractivity contribution in [3.63, 3.8) is 0 Å². The normalized spacial score (nSPS) is 16.6. The lowest BCUT2D eigenvalue weighted by Gasteiger charge is -2.18. The molecule has 1 fully saturated rings. The monoisotopic (exact) mass is 394 g/mol. The number of carbonyl (C=O) groups excluding carboxylic acids is 2. The number of carbonyl (C=O) groups is 2. The predicted molar refractivity (Wildman–Crippen MR) is 95.7 cm³/mol. The molecule has 1 atom stereocenters. The average molecular weight is 395 g/mol. The Morgan fingerprint density at radius 3 is 2.54 bits per heavy atom. The van der Waals surface area contributed by atoms with Gasteiger partial charge in [0.25, 0.3) is 5.69 Å². The average Bonchev–Trinajstić information content (AvgIpc) is 2.99. The van der Waals surface area contributed by atoms with Crippen molar-refractivity contribution < 1.29 is 19.2 Å². The molecule has 0 N–H and O–H groups in total. The number of nitro benzene ring substituents is 1. The van der Waals surface area contributed by atoms with Gasteiger partial charge in [0, 0.05) is 25.1 Å². The topological polar surface area (TPSA) is 89.7 Å². The lowest BCUT2D eigenvalue weighted by atomic mass is 10.1. The SMILES string of the molecule is O=C(Oc1ccc([N+](=O)[O-])cc1)[C@@H]1CC(=O)N(c2cccc(Cl)c2Cl)C1. The smallest absolute Gasteiger partial charge is 0.316 e. The molecule has 3 rings (SSSR count). The van der Waals surface area contributed by atoms with Gasteiger partial charge in [-0.05, 0) is 24.3 Å². The number of hydrogen-bond acceptors (Lipinski definition) is 5. The molecule has 1 heterocycles. The van der Waals surface area contributed by atoms with Crippen molar-refractivity contribution in [3.05, 3.63) is 62.6 Å². The second-order valence-corrected chi connectivity index (χ2v) is 6.44. The Bertz CT molecular complexity index is 885. The summed E-state index contributed by atoms with van der Waals surface area (Å²) in [6.45, 7) is 0.116. The van der Waals surface area contributed by atoms with Crippen LogP contribution in [0.2, 0.25) is 10.0 Å². The van der Waals surface area contributed by atoms with E-state index in [0.29, 0.717) is 10.7 Å². The van der Waals surface area contributed by atoms with Crippen LogP contribution in [0.5, 0.6) is 5.75 Å². The van der Waals surface area contributed by atoms with E-state index in [0.717, 1.165) is 0 Å². The molecule has 2 aromatic carbocycles. The van der Waals surface area contributed by atoms with E-state index in [1.54, 1.807) is 18.2 Å². The molecule has 9 heteroatoms. The van der Waals surface area contributed by atoms with Crippen LogP contribution in [0.15, 0.2) is 42.5 Å². The minimum atomic E-state index is -0.673. The van der Waals surface area contributed by atoms with Crippen LogP contribution in [-0.4, -0.2) is 23.3 Å². The Morgan fingerprint density at radius 1 is 1.19 bits per heavy atom. The number of amides is 1. The fraction of sp³-hybridized carbons (Fsp3) is 0.176. The van der Waals surface area contributed by atoms with Crippen LogP contribution in [0.1, 0.15) is 6.42 Å². The number of halogens is 2. The van der Waals surface area contributed by atoms with Gasteiger partial charge >= 0.3 is 5.97 Å². The Hall–Kier alpha value is -2.64. The number of anilines is 1. The van der Waals surface area contributed by atoms with Gasteiger partial charge < -0.3 is 9.64 Å². The first kappa shape index (κ1) is 18.2. The maximum Gasteiger partial charge on any atom is 0.316 e. The number of hydrogen-bond donors (Lipinski definition) is 0. The Labute approximate surface area is 158 Å². The molecule has 0 bridgehead atoms. The van der Waals surface area contributed by atoms with Crippen LogP contribution >= 0.6 is 23.2 Å². The lowest BCUT2D eigenvalue weighted by Crippen LogP contribution is -2.27. The summed E-state index contributed by atoms with van der Waals surface area (Å²) < 4.78 is 5.22. The second-order valence-electron chi connectivity index (χ2n) is 5.65. The predicted octanol–water partition coefficient (Wildman–Crippen LogP) is 3.86. The first-order valence-corrected chi connectivity index (χ1v) is 8.33. The zero-order valence-corrected chi connectivity index (χ0v) is 14.7. The van der Waals surface area contributed by atoms with Crippen molar-refractivity contribution >= 4 is 46.5 Å². The van der Waals surface area contributed by atoms with Crippen LogP contribution in [0.4, 0.5) is 11.4 Å². The molecule has 7 nitrogen and oxygen atoms in total. The molecule has 1 amide bonds. The Morgan fingerprint density at radius 2 is 1.88 bits per heavy atom. The third-order valence-corrected chi connectivity index (χ3v) is 4.76. The molecule has 134 valence electrons. The summed E-state index contributed by atoms with van der Waals surface area (Å²) in [7, 11) is 0. The Balaban J connectivity index is 1.71. The highest BCUT2D eigenvalue weighted by Gasteiger charge is 2.37. The maximum absolute atomic E-state index is 12.3. The van der Waals surface area contributed by atoms with Gasteiger partial charge in [-0.15, -0.1) is 0 Å². The highest BCUT2D eigenvalue weighted by Crippen LogP contribution is 2.36. The summed E-state index contributed by atoms with van der Waals surface area (Å²) in [5, 5.41) is 11.2. The van der Waals surface area contributed by atoms with E-state index in [4.69, 9.17) is 27.9 Å². The quantitative estimate of drug-likeness (QED) is 0.339. The van der Waals surface area contributed by atoms with E-state index in [-0.39, 0.29) is 35.3 Å². The molecule has 2 aromatic rings. The van der Waals surface area contributed by atoms with Gasteiger partial charge in [0.1, 0.15) is 5.75 Å². The van der Waals surface area contributed by atoms with E-state index in [9.17, 15) is 19.7 Å². The number of nitrogens with zero attached hydrogens (tertiary/aromatic N) is 2. The summed E-state index contributed by atoms with van der Waals surface area (Å²) in [4.78, 5) is 36.1. The molecular formula is C17H12Cl2N2O5. The van der Waals surface area contributed by atoms with E-state index < -0.39 is 16.8 Å². The first-order valence-electron chi connectivity index (χ1n) is 7.57. The molecule has 0 saturated carbocycles. The summed E-state index contributed by atoms with van der Waals surface area (Å²) in [6, 6.07) is 10.1. The number of non-ortho nitro benzene ring substituents is 1. The zero-order valence-electron chi connectivity index (χ0n) is 13.2. The summed E-state index contributed by atoms with van der Waals surface area (Å²) >= 11 is 12.1. The van der Waals surface area contributed by atoms with Crippen LogP contribution in [0.3, 0.4) is 0 Å². The number of benzene rings is 2. The largest absolute Gasteiger partial charge is 0.426 e. The molecule has 0 aliphatic carbocycles. The van der Waals surface area contributed by atoms with Crippen molar-refractivity contribution in [2.45, 2.75) is 6.42 Å². The highest BCUT2D eigenvalue weighted by molar-refractivity contribution is 6.44. The molecular weight excluding hydrogens is 383 g/mol. The van der Waals surface area contributed by atoms with Gasteiger partial charge in [-0.3, -0.25) is 19.7 Å². The summed E-state index contributed by atoms with van der Waals surface area (Å²) in [6.07, 6.45) is -0.0192. The third kappa shape index (κ3) is 3.63. The van der Waals surface area contributed by atoms with Gasteiger partial charge in [0.2, 0.25) is 5.91 Å². The minimum absolute atomic E-state index is 0.0192. The molecule has 26 heavy (non-hydrogen) atoms. The fourth-order valence-electron chi connectivity index (χ4n) is 2.63. The van der Waals surface area contributed by atoms with Crippen molar-refractivity contribution in [2.75, 3.05) is 11.4 Å². The highest BCUT2D eigenvalue weighted by atomic mass is 35.5. The third-order valence-electron chi connectivity index (χ3n) is 3.95. The molecule has 0 unspecified atom stereocenters. The van der Waals surface area contributed by atoms with Crippen molar-refractivity contribution in [1.29, 1.82) is 0 Å². The number of rotatable bonds is 4. The maximum atomic E-state index is 12.3. The van der Waals surface area contributed by atoms with Gasteiger partial charge in [0.05, 0.1) is 26.6 Å². The van der Waals surface area contributed by atoms with Crippen LogP contribution in [0.25, 0.3) is 0 Å². The van der Waals surface area contributed by atoms with Crippen LogP contribution in [0, 0.1) is 16.0 Å². The van der Waals surface area contributed by atoms with Crippen molar-refractivity contribution in [2.24, 2.45) is 5.92 Å². The Kier molecular flexibility index (Phi) is 5.11. The van der Waals surface area contributed by atoms with Gasteiger partial charge in [-0.25, -0.2) is 0 Å². The number of nitro groups is 1. The van der Waals surface area contributed by atoms with E-state index in [1.165, 1.54) is 29.2 Å². The van der Waals surface area contributed by atoms with E-state index in [2.05, 4.69) is 0 Å². The fourth-order valence-corrected chi connectivity index (χ4v) is 3.03. The van der Waals surface area contributed by atoms with Gasteiger partial charge in [0.15, 0.2) is 0 Å². The van der Waals surface area contributed by atoms with Crippen LogP contribution in [-0.2, 0) is 9.59 Å². The van der Waals surface area contributed by atoms with E-state index >= 15 is 0 Å². The lowest BCUT2D eigenvalue weighted by molar-refractivity contribution is -0.384. The molecule has 1 aliphatic rings. The molecule has 0 aromatic heterocycles.